The molecule has 134 valence electrons. The molecule has 0 aromatic heterocycles. The minimum Gasteiger partial charge on any atom is -1.00 e. The van der Waals surface area contributed by atoms with E-state index in [1.165, 1.54) is 63.5 Å². The first-order valence-corrected chi connectivity index (χ1v) is 9.30. The van der Waals surface area contributed by atoms with E-state index < -0.39 is 0 Å². The third-order valence-electron chi connectivity index (χ3n) is 5.56. The average Bonchev–Trinajstić information content (AvgIpc) is 2.50. The summed E-state index contributed by atoms with van der Waals surface area (Å²) < 4.78 is 1.06. The van der Waals surface area contributed by atoms with E-state index in [1.807, 2.05) is 0 Å². The van der Waals surface area contributed by atoms with E-state index in [0.717, 1.165) is 4.48 Å². The van der Waals surface area contributed by atoms with Gasteiger partial charge >= 0.3 is 0 Å². The molecule has 0 aliphatic carbocycles. The third-order valence-corrected chi connectivity index (χ3v) is 5.56. The Morgan fingerprint density at radius 1 is 0.783 bits per heavy atom. The van der Waals surface area contributed by atoms with Crippen LogP contribution in [0.3, 0.4) is 0 Å². The van der Waals surface area contributed by atoms with Crippen molar-refractivity contribution in [1.82, 2.24) is 0 Å². The van der Waals surface area contributed by atoms with Crippen LogP contribution in [0.1, 0.15) is 77.7 Å². The largest absolute Gasteiger partial charge is 1.00 e. The Bertz CT molecular complexity index is 398. The van der Waals surface area contributed by atoms with E-state index in [0.29, 0.717) is 0 Å². The fourth-order valence-corrected chi connectivity index (χ4v) is 3.12. The predicted molar refractivity (Wildman–Crippen MR) is 99.1 cm³/mol. The SMILES string of the molecule is CCCCCCCCCC[N+](C)(C)C(C)(C)c1ccccc1.[Cl-]. The standard InChI is InChI=1S/C21H38N.ClH/c1-6-7-8-9-10-11-12-16-19-22(4,5)21(2,3)20-17-14-13-15-18-20;/h13-15,17-18H,6-12,16,19H2,1-5H3;1H/q+1;/p-1. The van der Waals surface area contributed by atoms with Crippen molar-refractivity contribution in [2.45, 2.75) is 77.7 Å². The quantitative estimate of drug-likeness (QED) is 0.429. The normalized spacial score (nSPS) is 12.0. The molecule has 0 N–H and O–H groups in total. The van der Waals surface area contributed by atoms with Gasteiger partial charge in [0.05, 0.1) is 20.6 Å². The van der Waals surface area contributed by atoms with Crippen molar-refractivity contribution in [3.8, 4) is 0 Å². The van der Waals surface area contributed by atoms with Crippen LogP contribution < -0.4 is 12.4 Å². The van der Waals surface area contributed by atoms with Crippen LogP contribution in [-0.4, -0.2) is 25.1 Å². The van der Waals surface area contributed by atoms with E-state index in [9.17, 15) is 0 Å². The summed E-state index contributed by atoms with van der Waals surface area (Å²) in [7, 11) is 4.77. The minimum atomic E-state index is 0. The Morgan fingerprint density at radius 2 is 1.26 bits per heavy atom. The zero-order valence-electron chi connectivity index (χ0n) is 16.1. The molecule has 0 unspecified atom stereocenters. The topological polar surface area (TPSA) is 0 Å². The van der Waals surface area contributed by atoms with Crippen LogP contribution in [0.4, 0.5) is 0 Å². The van der Waals surface area contributed by atoms with Gasteiger partial charge in [0.15, 0.2) is 0 Å². The highest BCUT2D eigenvalue weighted by atomic mass is 35.5. The first-order chi connectivity index (χ1) is 10.4. The number of hydrogen-bond donors (Lipinski definition) is 0. The Kier molecular flexibility index (Phi) is 10.8. The van der Waals surface area contributed by atoms with Crippen LogP contribution >= 0.6 is 0 Å². The van der Waals surface area contributed by atoms with Gasteiger partial charge in [-0.2, -0.15) is 0 Å². The van der Waals surface area contributed by atoms with Gasteiger partial charge in [-0.1, -0.05) is 75.8 Å². The summed E-state index contributed by atoms with van der Waals surface area (Å²) in [5.74, 6) is 0. The molecular formula is C21H38ClN. The lowest BCUT2D eigenvalue weighted by atomic mass is 9.90. The van der Waals surface area contributed by atoms with Crippen LogP contribution in [0, 0.1) is 0 Å². The average molecular weight is 340 g/mol. The van der Waals surface area contributed by atoms with Crippen molar-refractivity contribution >= 4 is 0 Å². The van der Waals surface area contributed by atoms with E-state index in [4.69, 9.17) is 0 Å². The molecule has 1 aromatic rings. The van der Waals surface area contributed by atoms with E-state index in [1.54, 1.807) is 0 Å². The second kappa shape index (κ2) is 11.1. The Labute approximate surface area is 151 Å². The maximum Gasteiger partial charge on any atom is 0.119 e. The number of rotatable bonds is 11. The molecule has 0 aliphatic rings. The molecule has 1 nitrogen and oxygen atoms in total. The summed E-state index contributed by atoms with van der Waals surface area (Å²) >= 11 is 0. The molecule has 1 rings (SSSR count). The van der Waals surface area contributed by atoms with Gasteiger partial charge in [0.2, 0.25) is 0 Å². The molecule has 1 aromatic carbocycles. The lowest BCUT2D eigenvalue weighted by Gasteiger charge is -2.45. The van der Waals surface area contributed by atoms with Crippen LogP contribution in [0.25, 0.3) is 0 Å². The molecule has 0 atom stereocenters. The van der Waals surface area contributed by atoms with Crippen molar-refractivity contribution in [2.24, 2.45) is 0 Å². The molecule has 0 spiro atoms. The Balaban J connectivity index is 0.00000484. The zero-order chi connectivity index (χ0) is 16.5. The highest BCUT2D eigenvalue weighted by Crippen LogP contribution is 2.32. The van der Waals surface area contributed by atoms with Crippen molar-refractivity contribution in [3.63, 3.8) is 0 Å². The second-order valence-electron chi connectivity index (χ2n) is 7.81. The van der Waals surface area contributed by atoms with Gasteiger partial charge in [-0.3, -0.25) is 0 Å². The van der Waals surface area contributed by atoms with Crippen LogP contribution in [0.5, 0.6) is 0 Å². The number of hydrogen-bond acceptors (Lipinski definition) is 0. The van der Waals surface area contributed by atoms with Crippen LogP contribution in [0.15, 0.2) is 30.3 Å². The van der Waals surface area contributed by atoms with Crippen molar-refractivity contribution in [1.29, 1.82) is 0 Å². The van der Waals surface area contributed by atoms with Crippen LogP contribution in [0.2, 0.25) is 0 Å². The van der Waals surface area contributed by atoms with E-state index in [2.05, 4.69) is 65.2 Å². The number of nitrogens with zero attached hydrogens (tertiary/aromatic N) is 1. The first kappa shape index (κ1) is 22.5. The van der Waals surface area contributed by atoms with Gasteiger partial charge in [-0.15, -0.1) is 0 Å². The van der Waals surface area contributed by atoms with Gasteiger partial charge in [0.1, 0.15) is 5.54 Å². The summed E-state index contributed by atoms with van der Waals surface area (Å²) in [6, 6.07) is 11.0. The van der Waals surface area contributed by atoms with E-state index in [-0.39, 0.29) is 17.9 Å². The summed E-state index contributed by atoms with van der Waals surface area (Å²) in [5.41, 5.74) is 1.61. The Hall–Kier alpha value is -0.530. The van der Waals surface area contributed by atoms with Gasteiger partial charge in [0, 0.05) is 5.56 Å². The molecule has 0 radical (unpaired) electrons. The number of unbranched alkanes of at least 4 members (excludes halogenated alkanes) is 7. The van der Waals surface area contributed by atoms with Gasteiger partial charge in [0.25, 0.3) is 0 Å². The summed E-state index contributed by atoms with van der Waals surface area (Å²) in [6.45, 7) is 8.31. The van der Waals surface area contributed by atoms with Gasteiger partial charge in [-0.25, -0.2) is 0 Å². The predicted octanol–water partition coefficient (Wildman–Crippen LogP) is 3.14. The zero-order valence-corrected chi connectivity index (χ0v) is 16.8. The van der Waals surface area contributed by atoms with Crippen molar-refractivity contribution < 1.29 is 16.9 Å². The smallest absolute Gasteiger partial charge is 0.119 e. The van der Waals surface area contributed by atoms with Crippen LogP contribution in [-0.2, 0) is 5.54 Å². The number of halogens is 1. The third kappa shape index (κ3) is 7.27. The molecule has 2 heteroatoms. The number of quaternary nitrogens is 1. The molecular weight excluding hydrogens is 302 g/mol. The van der Waals surface area contributed by atoms with E-state index >= 15 is 0 Å². The monoisotopic (exact) mass is 339 g/mol. The summed E-state index contributed by atoms with van der Waals surface area (Å²) in [6.07, 6.45) is 11.2. The minimum absolute atomic E-state index is 0. The fraction of sp³-hybridized carbons (Fsp3) is 0.714. The van der Waals surface area contributed by atoms with Gasteiger partial charge < -0.3 is 16.9 Å². The first-order valence-electron chi connectivity index (χ1n) is 9.30. The molecule has 0 saturated carbocycles. The number of benzene rings is 1. The molecule has 0 saturated heterocycles. The maximum atomic E-state index is 2.38. The molecule has 0 fully saturated rings. The fourth-order valence-electron chi connectivity index (χ4n) is 3.12. The maximum absolute atomic E-state index is 2.38. The molecule has 0 heterocycles. The summed E-state index contributed by atoms with van der Waals surface area (Å²) in [5, 5.41) is 0. The molecule has 0 aliphatic heterocycles. The summed E-state index contributed by atoms with van der Waals surface area (Å²) in [4.78, 5) is 0. The van der Waals surface area contributed by atoms with Gasteiger partial charge in [-0.05, 0) is 26.7 Å². The van der Waals surface area contributed by atoms with Crippen molar-refractivity contribution in [3.05, 3.63) is 35.9 Å². The lowest BCUT2D eigenvalue weighted by Crippen LogP contribution is -3.00. The molecule has 0 bridgehead atoms. The second-order valence-corrected chi connectivity index (χ2v) is 7.81. The Morgan fingerprint density at radius 3 is 1.78 bits per heavy atom. The van der Waals surface area contributed by atoms with Crippen molar-refractivity contribution in [2.75, 3.05) is 20.6 Å². The highest BCUT2D eigenvalue weighted by molar-refractivity contribution is 5.20. The lowest BCUT2D eigenvalue weighted by molar-refractivity contribution is -0.945. The molecule has 0 amide bonds. The highest BCUT2D eigenvalue weighted by Gasteiger charge is 2.37. The molecule has 23 heavy (non-hydrogen) atoms.